The lowest BCUT2D eigenvalue weighted by Gasteiger charge is -2.36. The van der Waals surface area contributed by atoms with Gasteiger partial charge in [-0.1, -0.05) is 27.7 Å². The van der Waals surface area contributed by atoms with E-state index in [2.05, 4.69) is 43.6 Å². The number of nitrogens with two attached hydrogens (primary N) is 1. The van der Waals surface area contributed by atoms with E-state index in [9.17, 15) is 0 Å². The summed E-state index contributed by atoms with van der Waals surface area (Å²) in [7, 11) is 0. The zero-order valence-corrected chi connectivity index (χ0v) is 14.3. The number of aryl methyl sites for hydroxylation is 2. The number of hydrogen-bond donors (Lipinski definition) is 2. The molecule has 0 aliphatic heterocycles. The van der Waals surface area contributed by atoms with Crippen molar-refractivity contribution >= 4 is 11.5 Å². The lowest BCUT2D eigenvalue weighted by molar-refractivity contribution is 0.507. The average Bonchev–Trinajstić information content (AvgIpc) is 2.36. The molecule has 0 aliphatic carbocycles. The Balaban J connectivity index is 3.44. The Kier molecular flexibility index (Phi) is 6.19. The minimum Gasteiger partial charge on any atom is -0.384 e. The van der Waals surface area contributed by atoms with Gasteiger partial charge in [-0.25, -0.2) is 0 Å². The lowest BCUT2D eigenvalue weighted by Crippen LogP contribution is -2.39. The van der Waals surface area contributed by atoms with Crippen LogP contribution in [0.25, 0.3) is 0 Å². The normalized spacial score (nSPS) is 11.2. The number of nitrogens with zero attached hydrogens (tertiary/aromatic N) is 2. The van der Waals surface area contributed by atoms with Crippen molar-refractivity contribution in [2.24, 2.45) is 11.7 Å². The molecule has 1 aromatic rings. The summed E-state index contributed by atoms with van der Waals surface area (Å²) in [5.74, 6) is 0.661. The molecule has 1 heterocycles. The summed E-state index contributed by atoms with van der Waals surface area (Å²) in [6.07, 6.45) is 2.17. The van der Waals surface area contributed by atoms with Crippen LogP contribution >= 0.6 is 0 Å². The first-order valence-corrected chi connectivity index (χ1v) is 7.90. The SMILES string of the molecule is CCC(CC)N(CC(C)C)c1cc(C)nc(C)c1C(=N)N. The lowest BCUT2D eigenvalue weighted by atomic mass is 10.0. The average molecular weight is 290 g/mol. The molecule has 0 atom stereocenters. The molecule has 0 unspecified atom stereocenters. The number of anilines is 1. The van der Waals surface area contributed by atoms with Gasteiger partial charge in [0.2, 0.25) is 0 Å². The first-order chi connectivity index (χ1) is 9.81. The van der Waals surface area contributed by atoms with Crippen LogP contribution in [0.3, 0.4) is 0 Å². The Hall–Kier alpha value is -1.58. The van der Waals surface area contributed by atoms with Crippen LogP contribution in [0.4, 0.5) is 5.69 Å². The highest BCUT2D eigenvalue weighted by Gasteiger charge is 2.22. The minimum atomic E-state index is 0.106. The molecule has 1 rings (SSSR count). The quantitative estimate of drug-likeness (QED) is 0.595. The fourth-order valence-electron chi connectivity index (χ4n) is 2.93. The summed E-state index contributed by atoms with van der Waals surface area (Å²) in [5.41, 5.74) is 9.51. The van der Waals surface area contributed by atoms with E-state index in [1.165, 1.54) is 0 Å². The van der Waals surface area contributed by atoms with Crippen LogP contribution in [0.1, 0.15) is 57.5 Å². The van der Waals surface area contributed by atoms with Gasteiger partial charge in [-0.05, 0) is 38.7 Å². The van der Waals surface area contributed by atoms with Gasteiger partial charge in [-0.2, -0.15) is 0 Å². The molecule has 0 aliphatic rings. The maximum Gasteiger partial charge on any atom is 0.126 e. The standard InChI is InChI=1S/C17H30N4/c1-7-14(8-2)21(10-11(3)4)15-9-12(5)20-13(6)16(15)17(18)19/h9,11,14H,7-8,10H2,1-6H3,(H3,18,19). The van der Waals surface area contributed by atoms with E-state index in [0.717, 1.165) is 42.0 Å². The van der Waals surface area contributed by atoms with Crippen molar-refractivity contribution in [3.8, 4) is 0 Å². The zero-order chi connectivity index (χ0) is 16.2. The second kappa shape index (κ2) is 7.43. The van der Waals surface area contributed by atoms with E-state index in [4.69, 9.17) is 11.1 Å². The van der Waals surface area contributed by atoms with Gasteiger partial charge in [0.25, 0.3) is 0 Å². The highest BCUT2D eigenvalue weighted by atomic mass is 15.2. The number of nitrogens with one attached hydrogen (secondary N) is 1. The van der Waals surface area contributed by atoms with Crippen LogP contribution in [-0.2, 0) is 0 Å². The number of rotatable bonds is 7. The van der Waals surface area contributed by atoms with Crippen LogP contribution in [-0.4, -0.2) is 23.4 Å². The largest absolute Gasteiger partial charge is 0.384 e. The zero-order valence-electron chi connectivity index (χ0n) is 14.3. The molecule has 0 radical (unpaired) electrons. The predicted molar refractivity (Wildman–Crippen MR) is 91.3 cm³/mol. The van der Waals surface area contributed by atoms with Gasteiger partial charge in [-0.3, -0.25) is 10.4 Å². The van der Waals surface area contributed by atoms with Gasteiger partial charge >= 0.3 is 0 Å². The molecule has 118 valence electrons. The van der Waals surface area contributed by atoms with Gasteiger partial charge in [0.15, 0.2) is 0 Å². The number of amidine groups is 1. The molecule has 4 nitrogen and oxygen atoms in total. The Morgan fingerprint density at radius 1 is 1.29 bits per heavy atom. The summed E-state index contributed by atoms with van der Waals surface area (Å²) in [6.45, 7) is 13.8. The molecular formula is C17H30N4. The Labute approximate surface area is 129 Å². The molecule has 0 fully saturated rings. The third-order valence-corrected chi connectivity index (χ3v) is 3.83. The van der Waals surface area contributed by atoms with E-state index in [1.807, 2.05) is 13.8 Å². The van der Waals surface area contributed by atoms with Crippen molar-refractivity contribution in [1.82, 2.24) is 4.98 Å². The summed E-state index contributed by atoms with van der Waals surface area (Å²) in [5, 5.41) is 7.93. The molecule has 0 bridgehead atoms. The van der Waals surface area contributed by atoms with Crippen LogP contribution in [0.15, 0.2) is 6.07 Å². The Morgan fingerprint density at radius 3 is 2.29 bits per heavy atom. The van der Waals surface area contributed by atoms with E-state index < -0.39 is 0 Å². The third-order valence-electron chi connectivity index (χ3n) is 3.83. The van der Waals surface area contributed by atoms with E-state index in [0.29, 0.717) is 12.0 Å². The van der Waals surface area contributed by atoms with Gasteiger partial charge in [0, 0.05) is 18.3 Å². The van der Waals surface area contributed by atoms with Gasteiger partial charge < -0.3 is 10.6 Å². The smallest absolute Gasteiger partial charge is 0.126 e. The molecule has 4 heteroatoms. The molecule has 0 saturated carbocycles. The molecule has 21 heavy (non-hydrogen) atoms. The molecule has 1 aromatic heterocycles. The fraction of sp³-hybridized carbons (Fsp3) is 0.647. The highest BCUT2D eigenvalue weighted by Crippen LogP contribution is 2.28. The molecule has 0 saturated heterocycles. The molecule has 0 spiro atoms. The first kappa shape index (κ1) is 17.5. The summed E-state index contributed by atoms with van der Waals surface area (Å²) in [4.78, 5) is 6.90. The maximum atomic E-state index is 7.93. The molecule has 0 aromatic carbocycles. The Bertz CT molecular complexity index is 490. The third kappa shape index (κ3) is 4.19. The Morgan fingerprint density at radius 2 is 1.86 bits per heavy atom. The van der Waals surface area contributed by atoms with Gasteiger partial charge in [0.05, 0.1) is 16.9 Å². The summed E-state index contributed by atoms with van der Waals surface area (Å²) < 4.78 is 0. The van der Waals surface area contributed by atoms with Gasteiger partial charge in [0.1, 0.15) is 5.84 Å². The predicted octanol–water partition coefficient (Wildman–Crippen LogP) is 3.63. The van der Waals surface area contributed by atoms with E-state index in [1.54, 1.807) is 0 Å². The van der Waals surface area contributed by atoms with Crippen molar-refractivity contribution in [3.63, 3.8) is 0 Å². The van der Waals surface area contributed by atoms with Crippen molar-refractivity contribution in [2.75, 3.05) is 11.4 Å². The maximum absolute atomic E-state index is 7.93. The van der Waals surface area contributed by atoms with Crippen molar-refractivity contribution < 1.29 is 0 Å². The number of pyridine rings is 1. The summed E-state index contributed by atoms with van der Waals surface area (Å²) >= 11 is 0. The van der Waals surface area contributed by atoms with Crippen molar-refractivity contribution in [2.45, 2.75) is 60.4 Å². The summed E-state index contributed by atoms with van der Waals surface area (Å²) in [6, 6.07) is 2.54. The molecular weight excluding hydrogens is 260 g/mol. The number of nitrogen functional groups attached to an aromatic ring is 1. The van der Waals surface area contributed by atoms with E-state index >= 15 is 0 Å². The number of aromatic nitrogens is 1. The second-order valence-corrected chi connectivity index (χ2v) is 6.17. The molecule has 0 amide bonds. The van der Waals surface area contributed by atoms with Crippen molar-refractivity contribution in [1.29, 1.82) is 5.41 Å². The topological polar surface area (TPSA) is 66.0 Å². The second-order valence-electron chi connectivity index (χ2n) is 6.17. The van der Waals surface area contributed by atoms with Crippen LogP contribution < -0.4 is 10.6 Å². The fourth-order valence-corrected chi connectivity index (χ4v) is 2.93. The molecule has 3 N–H and O–H groups in total. The minimum absolute atomic E-state index is 0.106. The number of hydrogen-bond acceptors (Lipinski definition) is 3. The van der Waals surface area contributed by atoms with Gasteiger partial charge in [-0.15, -0.1) is 0 Å². The van der Waals surface area contributed by atoms with Crippen LogP contribution in [0.2, 0.25) is 0 Å². The van der Waals surface area contributed by atoms with Crippen LogP contribution in [0.5, 0.6) is 0 Å². The first-order valence-electron chi connectivity index (χ1n) is 7.90. The van der Waals surface area contributed by atoms with Crippen LogP contribution in [0, 0.1) is 25.2 Å². The monoisotopic (exact) mass is 290 g/mol. The van der Waals surface area contributed by atoms with E-state index in [-0.39, 0.29) is 5.84 Å². The highest BCUT2D eigenvalue weighted by molar-refractivity contribution is 6.01. The van der Waals surface area contributed by atoms with Crippen molar-refractivity contribution in [3.05, 3.63) is 23.0 Å².